The van der Waals surface area contributed by atoms with Crippen LogP contribution >= 0.6 is 11.6 Å². The Labute approximate surface area is 222 Å². The molecule has 38 heavy (non-hydrogen) atoms. The van der Waals surface area contributed by atoms with Crippen molar-refractivity contribution >= 4 is 34.7 Å². The molecule has 10 heteroatoms. The number of oxazole rings is 1. The van der Waals surface area contributed by atoms with Crippen LogP contribution in [0, 0.1) is 0 Å². The molecule has 3 aromatic carbocycles. The van der Waals surface area contributed by atoms with E-state index in [1.54, 1.807) is 24.3 Å². The van der Waals surface area contributed by atoms with Crippen LogP contribution in [0.1, 0.15) is 48.7 Å². The zero-order valence-electron chi connectivity index (χ0n) is 20.8. The van der Waals surface area contributed by atoms with Crippen molar-refractivity contribution in [3.8, 4) is 22.5 Å². The van der Waals surface area contributed by atoms with Crippen LogP contribution in [0.3, 0.4) is 0 Å². The van der Waals surface area contributed by atoms with Gasteiger partial charge in [0.05, 0.1) is 11.6 Å². The summed E-state index contributed by atoms with van der Waals surface area (Å²) >= 11 is 6.29. The molecular formula is C28H25ClN4O5. The highest BCUT2D eigenvalue weighted by molar-refractivity contribution is 6.31. The number of carboxylic acid groups (broad SMARTS) is 1. The summed E-state index contributed by atoms with van der Waals surface area (Å²) in [6.07, 6.45) is 1.89. The first-order chi connectivity index (χ1) is 18.4. The van der Waals surface area contributed by atoms with Crippen LogP contribution in [-0.2, 0) is 0 Å². The number of nitrogens with one attached hydrogen (secondary N) is 1. The number of nitrogens with zero attached hydrogens (tertiary/aromatic N) is 3. The Morgan fingerprint density at radius 2 is 1.92 bits per heavy atom. The fourth-order valence-electron chi connectivity index (χ4n) is 4.44. The average Bonchev–Trinajstić information content (AvgIpc) is 3.54. The lowest BCUT2D eigenvalue weighted by atomic mass is 9.96. The first-order valence-electron chi connectivity index (χ1n) is 12.2. The highest BCUT2D eigenvalue weighted by Gasteiger charge is 2.23. The van der Waals surface area contributed by atoms with Gasteiger partial charge in [-0.15, -0.1) is 0 Å². The van der Waals surface area contributed by atoms with Crippen molar-refractivity contribution in [1.82, 2.24) is 15.1 Å². The third-order valence-corrected chi connectivity index (χ3v) is 6.72. The van der Waals surface area contributed by atoms with Gasteiger partial charge in [-0.2, -0.15) is 4.98 Å². The number of anilines is 1. The quantitative estimate of drug-likeness (QED) is 0.218. The number of halogens is 1. The Bertz CT molecular complexity index is 1650. The standard InChI is InChI=1S/C28H25ClN4O5/c1-3-4-14-33(27-30-24-21(26(34)35)6-5-7-23(24)37-27)16(2)17-8-10-18(11-9-17)22-15-19(29)12-13-20(22)25-31-28(36)38-32-25/h5-13,15-16H,3-4,14H2,1-2H3,(H,34,35)(H,31,32,36)/t16-/m1/s1. The van der Waals surface area contributed by atoms with Gasteiger partial charge in [0.2, 0.25) is 0 Å². The Morgan fingerprint density at radius 1 is 1.13 bits per heavy atom. The van der Waals surface area contributed by atoms with E-state index in [-0.39, 0.29) is 11.6 Å². The first-order valence-corrected chi connectivity index (χ1v) is 12.6. The maximum absolute atomic E-state index is 11.7. The van der Waals surface area contributed by atoms with Crippen LogP contribution in [0.25, 0.3) is 33.6 Å². The van der Waals surface area contributed by atoms with Crippen LogP contribution in [0.5, 0.6) is 0 Å². The molecule has 0 amide bonds. The number of H-pyrrole nitrogens is 1. The summed E-state index contributed by atoms with van der Waals surface area (Å²) in [5.41, 5.74) is 4.26. The number of para-hydroxylation sites is 1. The van der Waals surface area contributed by atoms with Gasteiger partial charge in [-0.3, -0.25) is 9.51 Å². The number of hydrogen-bond acceptors (Lipinski definition) is 7. The number of fused-ring (bicyclic) bond motifs is 1. The molecule has 0 bridgehead atoms. The average molecular weight is 533 g/mol. The van der Waals surface area contributed by atoms with Gasteiger partial charge in [0.15, 0.2) is 11.4 Å². The molecule has 0 aliphatic carbocycles. The van der Waals surface area contributed by atoms with E-state index in [4.69, 9.17) is 16.0 Å². The second kappa shape index (κ2) is 10.5. The fraction of sp³-hybridized carbons (Fsp3) is 0.214. The second-order valence-electron chi connectivity index (χ2n) is 8.93. The van der Waals surface area contributed by atoms with Crippen LogP contribution in [0.15, 0.2) is 74.4 Å². The molecule has 2 aromatic heterocycles. The van der Waals surface area contributed by atoms with E-state index >= 15 is 0 Å². The van der Waals surface area contributed by atoms with Gasteiger partial charge in [0.25, 0.3) is 6.01 Å². The highest BCUT2D eigenvalue weighted by atomic mass is 35.5. The molecule has 0 saturated heterocycles. The molecule has 0 spiro atoms. The maximum atomic E-state index is 11.7. The molecule has 0 unspecified atom stereocenters. The molecule has 0 saturated carbocycles. The summed E-state index contributed by atoms with van der Waals surface area (Å²) in [4.78, 5) is 32.4. The van der Waals surface area contributed by atoms with E-state index < -0.39 is 11.7 Å². The molecule has 9 nitrogen and oxygen atoms in total. The van der Waals surface area contributed by atoms with E-state index in [1.807, 2.05) is 30.3 Å². The SMILES string of the molecule is CCCCN(c1nc2c(C(=O)O)cccc2o1)[C@H](C)c1ccc(-c2cc(Cl)ccc2-c2noc(=O)[nH]2)cc1. The third kappa shape index (κ3) is 4.92. The van der Waals surface area contributed by atoms with Gasteiger partial charge in [-0.05, 0) is 60.4 Å². The van der Waals surface area contributed by atoms with Gasteiger partial charge in [0, 0.05) is 17.1 Å². The minimum absolute atomic E-state index is 0.107. The monoisotopic (exact) mass is 532 g/mol. The molecule has 5 aromatic rings. The van der Waals surface area contributed by atoms with Crippen LogP contribution in [0.4, 0.5) is 6.01 Å². The summed E-state index contributed by atoms with van der Waals surface area (Å²) in [5.74, 6) is -1.36. The summed E-state index contributed by atoms with van der Waals surface area (Å²) in [5, 5.41) is 13.9. The van der Waals surface area contributed by atoms with E-state index in [0.717, 1.165) is 29.5 Å². The fourth-order valence-corrected chi connectivity index (χ4v) is 4.62. The number of benzene rings is 3. The normalized spacial score (nSPS) is 12.1. The minimum atomic E-state index is -1.05. The van der Waals surface area contributed by atoms with Crippen LogP contribution < -0.4 is 10.7 Å². The van der Waals surface area contributed by atoms with Crippen molar-refractivity contribution < 1.29 is 18.8 Å². The Hall–Kier alpha value is -4.37. The van der Waals surface area contributed by atoms with Crippen molar-refractivity contribution in [3.05, 3.63) is 87.4 Å². The van der Waals surface area contributed by atoms with Crippen molar-refractivity contribution in [3.63, 3.8) is 0 Å². The zero-order chi connectivity index (χ0) is 26.8. The maximum Gasteiger partial charge on any atom is 0.439 e. The molecule has 0 radical (unpaired) electrons. The first kappa shape index (κ1) is 25.3. The molecule has 1 atom stereocenters. The van der Waals surface area contributed by atoms with Gasteiger partial charge >= 0.3 is 11.7 Å². The van der Waals surface area contributed by atoms with Gasteiger partial charge < -0.3 is 14.4 Å². The number of carboxylic acids is 1. The number of hydrogen-bond donors (Lipinski definition) is 2. The minimum Gasteiger partial charge on any atom is -0.478 e. The van der Waals surface area contributed by atoms with E-state index in [0.29, 0.717) is 40.1 Å². The molecule has 0 aliphatic heterocycles. The summed E-state index contributed by atoms with van der Waals surface area (Å²) in [6, 6.07) is 18.5. The Morgan fingerprint density at radius 3 is 2.61 bits per heavy atom. The predicted molar refractivity (Wildman–Crippen MR) is 145 cm³/mol. The zero-order valence-corrected chi connectivity index (χ0v) is 21.5. The van der Waals surface area contributed by atoms with E-state index in [9.17, 15) is 14.7 Å². The summed E-state index contributed by atoms with van der Waals surface area (Å²) < 4.78 is 10.7. The lowest BCUT2D eigenvalue weighted by Crippen LogP contribution is -2.28. The molecule has 5 rings (SSSR count). The van der Waals surface area contributed by atoms with Crippen molar-refractivity contribution in [2.45, 2.75) is 32.7 Å². The number of unbranched alkanes of at least 4 members (excludes halogenated alkanes) is 1. The lowest BCUT2D eigenvalue weighted by Gasteiger charge is -2.28. The summed E-state index contributed by atoms with van der Waals surface area (Å²) in [6.45, 7) is 4.85. The molecule has 0 fully saturated rings. The van der Waals surface area contributed by atoms with Gasteiger partial charge in [-0.1, -0.05) is 60.4 Å². The smallest absolute Gasteiger partial charge is 0.439 e. The third-order valence-electron chi connectivity index (χ3n) is 6.49. The molecule has 2 heterocycles. The van der Waals surface area contributed by atoms with Crippen molar-refractivity contribution in [2.75, 3.05) is 11.4 Å². The van der Waals surface area contributed by atoms with Gasteiger partial charge in [-0.25, -0.2) is 9.59 Å². The molecular weight excluding hydrogens is 508 g/mol. The van der Waals surface area contributed by atoms with Crippen molar-refractivity contribution in [1.29, 1.82) is 0 Å². The largest absolute Gasteiger partial charge is 0.478 e. The van der Waals surface area contributed by atoms with Crippen LogP contribution in [-0.4, -0.2) is 32.7 Å². The number of aromatic nitrogens is 3. The Balaban J connectivity index is 1.49. The highest BCUT2D eigenvalue weighted by Crippen LogP contribution is 2.35. The van der Waals surface area contributed by atoms with Crippen molar-refractivity contribution in [2.24, 2.45) is 0 Å². The van der Waals surface area contributed by atoms with E-state index in [2.05, 4.69) is 38.4 Å². The molecule has 0 aliphatic rings. The number of rotatable bonds is 9. The predicted octanol–water partition coefficient (Wildman–Crippen LogP) is 6.56. The second-order valence-corrected chi connectivity index (χ2v) is 9.37. The Kier molecular flexibility index (Phi) is 7.02. The van der Waals surface area contributed by atoms with Crippen LogP contribution in [0.2, 0.25) is 5.02 Å². The summed E-state index contributed by atoms with van der Waals surface area (Å²) in [7, 11) is 0. The molecule has 2 N–H and O–H groups in total. The lowest BCUT2D eigenvalue weighted by molar-refractivity contribution is 0.0699. The number of aromatic amines is 1. The van der Waals surface area contributed by atoms with E-state index in [1.165, 1.54) is 6.07 Å². The van der Waals surface area contributed by atoms with Gasteiger partial charge in [0.1, 0.15) is 5.52 Å². The number of carbonyl (C=O) groups is 1. The number of aromatic carboxylic acids is 1. The topological polar surface area (TPSA) is 125 Å². The molecule has 194 valence electrons.